The summed E-state index contributed by atoms with van der Waals surface area (Å²) in [5.74, 6) is 0.223. The number of nitrogens with one attached hydrogen (secondary N) is 1. The summed E-state index contributed by atoms with van der Waals surface area (Å²) in [5, 5.41) is 1.89. The highest BCUT2D eigenvalue weighted by Crippen LogP contribution is 2.28. The number of rotatable bonds is 7. The Labute approximate surface area is 160 Å². The van der Waals surface area contributed by atoms with Crippen LogP contribution in [0.2, 0.25) is 0 Å². The molecule has 0 aliphatic carbocycles. The van der Waals surface area contributed by atoms with E-state index >= 15 is 0 Å². The summed E-state index contributed by atoms with van der Waals surface area (Å²) in [5.41, 5.74) is 0.999. The highest BCUT2D eigenvalue weighted by Gasteiger charge is 2.22. The van der Waals surface area contributed by atoms with Crippen LogP contribution in [-0.4, -0.2) is 28.6 Å². The number of methoxy groups -OCH3 is 2. The van der Waals surface area contributed by atoms with Crippen LogP contribution in [0.25, 0.3) is 11.3 Å². The number of hydrogen-bond donors (Lipinski definition) is 1. The second-order valence-electron chi connectivity index (χ2n) is 5.46. The lowest BCUT2D eigenvalue weighted by molar-refractivity contribution is 0.0600. The molecule has 9 heteroatoms. The predicted molar refractivity (Wildman–Crippen MR) is 100 cm³/mol. The maximum absolute atomic E-state index is 12.7. The average Bonchev–Trinajstić information content (AvgIpc) is 3.36. The third-order valence-electron chi connectivity index (χ3n) is 3.77. The Morgan fingerprint density at radius 2 is 2.04 bits per heavy atom. The lowest BCUT2D eigenvalue weighted by Crippen LogP contribution is -2.23. The van der Waals surface area contributed by atoms with E-state index < -0.39 is 16.0 Å². The molecule has 0 radical (unpaired) electrons. The van der Waals surface area contributed by atoms with Crippen LogP contribution in [0.5, 0.6) is 5.75 Å². The molecule has 1 N–H and O–H groups in total. The maximum Gasteiger partial charge on any atom is 0.337 e. The van der Waals surface area contributed by atoms with Crippen molar-refractivity contribution in [2.75, 3.05) is 14.2 Å². The molecule has 3 aromatic rings. The third-order valence-corrected chi connectivity index (χ3v) is 6.13. The number of furan rings is 1. The lowest BCUT2D eigenvalue weighted by atomic mass is 10.2. The monoisotopic (exact) mass is 407 g/mol. The fourth-order valence-electron chi connectivity index (χ4n) is 2.42. The van der Waals surface area contributed by atoms with Crippen LogP contribution in [-0.2, 0) is 21.3 Å². The van der Waals surface area contributed by atoms with Crippen LogP contribution in [0, 0.1) is 0 Å². The minimum Gasteiger partial charge on any atom is -0.495 e. The first-order valence-electron chi connectivity index (χ1n) is 7.82. The molecule has 0 unspecified atom stereocenters. The molecular formula is C18H17NO6S2. The third kappa shape index (κ3) is 4.21. The van der Waals surface area contributed by atoms with Crippen molar-refractivity contribution < 1.29 is 27.1 Å². The minimum atomic E-state index is -3.91. The average molecular weight is 407 g/mol. The van der Waals surface area contributed by atoms with Gasteiger partial charge in [-0.1, -0.05) is 0 Å². The van der Waals surface area contributed by atoms with Crippen LogP contribution < -0.4 is 9.46 Å². The first kappa shape index (κ1) is 19.2. The van der Waals surface area contributed by atoms with Gasteiger partial charge in [-0.2, -0.15) is 0 Å². The van der Waals surface area contributed by atoms with Gasteiger partial charge in [-0.3, -0.25) is 0 Å². The van der Waals surface area contributed by atoms with E-state index in [1.807, 2.05) is 17.5 Å². The van der Waals surface area contributed by atoms with Crippen molar-refractivity contribution in [1.29, 1.82) is 0 Å². The van der Waals surface area contributed by atoms with Gasteiger partial charge in [0.15, 0.2) is 0 Å². The van der Waals surface area contributed by atoms with Crippen LogP contribution in [0.3, 0.4) is 0 Å². The first-order chi connectivity index (χ1) is 12.9. The van der Waals surface area contributed by atoms with Gasteiger partial charge in [0, 0.05) is 22.4 Å². The van der Waals surface area contributed by atoms with Gasteiger partial charge in [0.1, 0.15) is 16.4 Å². The number of sulfonamides is 1. The fourth-order valence-corrected chi connectivity index (χ4v) is 4.52. The largest absolute Gasteiger partial charge is 0.495 e. The summed E-state index contributed by atoms with van der Waals surface area (Å²) in [6.45, 7) is 0.0965. The summed E-state index contributed by atoms with van der Waals surface area (Å²) in [6.07, 6.45) is 1.58. The smallest absolute Gasteiger partial charge is 0.337 e. The number of esters is 1. The summed E-state index contributed by atoms with van der Waals surface area (Å²) in [4.78, 5) is 12.4. The molecular weight excluding hydrogens is 390 g/mol. The van der Waals surface area contributed by atoms with Gasteiger partial charge in [0.2, 0.25) is 10.0 Å². The molecule has 7 nitrogen and oxygen atoms in total. The molecule has 0 amide bonds. The van der Waals surface area contributed by atoms with Crippen molar-refractivity contribution in [2.24, 2.45) is 0 Å². The normalized spacial score (nSPS) is 11.3. The van der Waals surface area contributed by atoms with Crippen molar-refractivity contribution in [1.82, 2.24) is 4.72 Å². The highest BCUT2D eigenvalue weighted by molar-refractivity contribution is 7.89. The molecule has 0 atom stereocenters. The molecule has 0 aliphatic heterocycles. The topological polar surface area (TPSA) is 94.8 Å². The van der Waals surface area contributed by atoms with E-state index in [9.17, 15) is 13.2 Å². The molecule has 2 aromatic heterocycles. The molecule has 27 heavy (non-hydrogen) atoms. The van der Waals surface area contributed by atoms with E-state index in [0.29, 0.717) is 5.76 Å². The molecule has 0 saturated heterocycles. The molecule has 0 aliphatic rings. The van der Waals surface area contributed by atoms with Crippen molar-refractivity contribution in [3.8, 4) is 17.1 Å². The van der Waals surface area contributed by atoms with Gasteiger partial charge < -0.3 is 13.9 Å². The van der Waals surface area contributed by atoms with Crippen molar-refractivity contribution in [3.63, 3.8) is 0 Å². The molecule has 142 valence electrons. The predicted octanol–water partition coefficient (Wildman–Crippen LogP) is 3.28. The Kier molecular flexibility index (Phi) is 5.64. The van der Waals surface area contributed by atoms with Gasteiger partial charge in [-0.05, 0) is 36.4 Å². The van der Waals surface area contributed by atoms with E-state index in [1.54, 1.807) is 12.3 Å². The van der Waals surface area contributed by atoms with E-state index in [-0.39, 0.29) is 22.8 Å². The van der Waals surface area contributed by atoms with Gasteiger partial charge in [-0.25, -0.2) is 17.9 Å². The Morgan fingerprint density at radius 1 is 1.22 bits per heavy atom. The van der Waals surface area contributed by atoms with Crippen molar-refractivity contribution in [2.45, 2.75) is 11.4 Å². The van der Waals surface area contributed by atoms with Crippen LogP contribution in [0.4, 0.5) is 0 Å². The van der Waals surface area contributed by atoms with E-state index in [1.165, 1.54) is 43.8 Å². The Hall–Kier alpha value is -2.62. The maximum atomic E-state index is 12.7. The number of hydrogen-bond acceptors (Lipinski definition) is 7. The van der Waals surface area contributed by atoms with E-state index in [0.717, 1.165) is 10.4 Å². The molecule has 3 rings (SSSR count). The van der Waals surface area contributed by atoms with Crippen LogP contribution in [0.1, 0.15) is 15.2 Å². The Morgan fingerprint density at radius 3 is 2.70 bits per heavy atom. The summed E-state index contributed by atoms with van der Waals surface area (Å²) in [7, 11) is -1.32. The quantitative estimate of drug-likeness (QED) is 0.604. The molecule has 0 bridgehead atoms. The summed E-state index contributed by atoms with van der Waals surface area (Å²) in [6, 6.07) is 9.57. The molecule has 1 aromatic carbocycles. The van der Waals surface area contributed by atoms with E-state index in [4.69, 9.17) is 9.15 Å². The standard InChI is InChI=1S/C18H17NO6S2/c1-23-16-6-5-12(18(20)24-2)9-17(16)27(21,22)19-10-14-8-13(11-26-14)15-4-3-7-25-15/h3-9,11,19H,10H2,1-2H3. The molecule has 0 spiro atoms. The number of benzene rings is 1. The number of thiophene rings is 1. The zero-order chi connectivity index (χ0) is 19.4. The van der Waals surface area contributed by atoms with Crippen molar-refractivity contribution in [3.05, 3.63) is 58.5 Å². The molecule has 2 heterocycles. The summed E-state index contributed by atoms with van der Waals surface area (Å²) < 4.78 is 43.1. The number of ether oxygens (including phenoxy) is 2. The molecule has 0 fully saturated rings. The van der Waals surface area contributed by atoms with Crippen LogP contribution >= 0.6 is 11.3 Å². The second kappa shape index (κ2) is 7.95. The van der Waals surface area contributed by atoms with Gasteiger partial charge in [0.05, 0.1) is 26.0 Å². The first-order valence-corrected chi connectivity index (χ1v) is 10.2. The highest BCUT2D eigenvalue weighted by atomic mass is 32.2. The zero-order valence-corrected chi connectivity index (χ0v) is 16.2. The Bertz CT molecular complexity index is 1040. The summed E-state index contributed by atoms with van der Waals surface area (Å²) >= 11 is 1.41. The zero-order valence-electron chi connectivity index (χ0n) is 14.6. The SMILES string of the molecule is COC(=O)c1ccc(OC)c(S(=O)(=O)NCc2cc(-c3ccco3)cs2)c1. The van der Waals surface area contributed by atoms with E-state index in [2.05, 4.69) is 9.46 Å². The Balaban J connectivity index is 1.81. The molecule has 0 saturated carbocycles. The number of carbonyl (C=O) groups is 1. The van der Waals surface area contributed by atoms with Gasteiger partial charge >= 0.3 is 5.97 Å². The lowest BCUT2D eigenvalue weighted by Gasteiger charge is -2.11. The van der Waals surface area contributed by atoms with Gasteiger partial charge in [-0.15, -0.1) is 11.3 Å². The van der Waals surface area contributed by atoms with Crippen LogP contribution in [0.15, 0.2) is 57.4 Å². The van der Waals surface area contributed by atoms with Crippen molar-refractivity contribution >= 4 is 27.3 Å². The van der Waals surface area contributed by atoms with Gasteiger partial charge in [0.25, 0.3) is 0 Å². The second-order valence-corrected chi connectivity index (χ2v) is 8.19. The minimum absolute atomic E-state index is 0.0965. The fraction of sp³-hybridized carbons (Fsp3) is 0.167. The number of carbonyl (C=O) groups excluding carboxylic acids is 1.